The van der Waals surface area contributed by atoms with Crippen LogP contribution in [0.25, 0.3) is 11.3 Å². The SMILES string of the molecule is CSc1nc(-c2ccccc2)c(C(=O)O)s1. The Balaban J connectivity index is 2.55. The van der Waals surface area contributed by atoms with Crippen LogP contribution in [0.3, 0.4) is 0 Å². The van der Waals surface area contributed by atoms with Gasteiger partial charge in [0.1, 0.15) is 4.88 Å². The van der Waals surface area contributed by atoms with Crippen molar-refractivity contribution in [3.05, 3.63) is 35.2 Å². The summed E-state index contributed by atoms with van der Waals surface area (Å²) >= 11 is 2.67. The van der Waals surface area contributed by atoms with Crippen molar-refractivity contribution in [2.24, 2.45) is 0 Å². The highest BCUT2D eigenvalue weighted by Gasteiger charge is 2.17. The lowest BCUT2D eigenvalue weighted by molar-refractivity contribution is 0.0702. The second-order valence-electron chi connectivity index (χ2n) is 3.03. The summed E-state index contributed by atoms with van der Waals surface area (Å²) in [5, 5.41) is 9.10. The molecule has 0 amide bonds. The first kappa shape index (κ1) is 11.2. The largest absolute Gasteiger partial charge is 0.477 e. The molecular formula is C11H9NO2S2. The van der Waals surface area contributed by atoms with E-state index in [9.17, 15) is 4.79 Å². The number of carboxylic acids is 1. The zero-order valence-electron chi connectivity index (χ0n) is 8.51. The van der Waals surface area contributed by atoms with Crippen molar-refractivity contribution >= 4 is 29.1 Å². The standard InChI is InChI=1S/C11H9NO2S2/c1-15-11-12-8(9(16-11)10(13)14)7-5-3-2-4-6-7/h2-6H,1H3,(H,13,14). The first-order valence-corrected chi connectivity index (χ1v) is 6.60. The molecule has 16 heavy (non-hydrogen) atoms. The van der Waals surface area contributed by atoms with Crippen molar-refractivity contribution in [1.82, 2.24) is 4.98 Å². The van der Waals surface area contributed by atoms with Crippen molar-refractivity contribution in [3.63, 3.8) is 0 Å². The highest BCUT2D eigenvalue weighted by Crippen LogP contribution is 2.32. The monoisotopic (exact) mass is 251 g/mol. The number of nitrogens with zero attached hydrogens (tertiary/aromatic N) is 1. The molecule has 0 aliphatic heterocycles. The van der Waals surface area contributed by atoms with Gasteiger partial charge in [-0.3, -0.25) is 0 Å². The Kier molecular flexibility index (Phi) is 3.26. The third-order valence-electron chi connectivity index (χ3n) is 2.02. The summed E-state index contributed by atoms with van der Waals surface area (Å²) < 4.78 is 0.774. The molecule has 1 heterocycles. The van der Waals surface area contributed by atoms with Crippen molar-refractivity contribution < 1.29 is 9.90 Å². The highest BCUT2D eigenvalue weighted by molar-refractivity contribution is 8.00. The van der Waals surface area contributed by atoms with E-state index in [4.69, 9.17) is 5.11 Å². The van der Waals surface area contributed by atoms with Gasteiger partial charge in [-0.25, -0.2) is 9.78 Å². The van der Waals surface area contributed by atoms with Crippen LogP contribution in [0.15, 0.2) is 34.7 Å². The van der Waals surface area contributed by atoms with E-state index in [0.717, 1.165) is 9.90 Å². The van der Waals surface area contributed by atoms with E-state index in [1.54, 1.807) is 0 Å². The van der Waals surface area contributed by atoms with Crippen LogP contribution in [0.1, 0.15) is 9.67 Å². The van der Waals surface area contributed by atoms with Crippen molar-refractivity contribution in [2.75, 3.05) is 6.26 Å². The summed E-state index contributed by atoms with van der Waals surface area (Å²) in [5.74, 6) is -0.920. The Bertz CT molecular complexity index is 508. The van der Waals surface area contributed by atoms with E-state index >= 15 is 0 Å². The third kappa shape index (κ3) is 2.10. The molecule has 5 heteroatoms. The number of benzene rings is 1. The summed E-state index contributed by atoms with van der Waals surface area (Å²) in [5.41, 5.74) is 1.40. The number of hydrogen-bond acceptors (Lipinski definition) is 4. The summed E-state index contributed by atoms with van der Waals surface area (Å²) in [6.45, 7) is 0. The van der Waals surface area contributed by atoms with Gasteiger partial charge in [-0.2, -0.15) is 0 Å². The topological polar surface area (TPSA) is 50.2 Å². The summed E-state index contributed by atoms with van der Waals surface area (Å²) in [7, 11) is 0. The molecule has 1 aromatic carbocycles. The van der Waals surface area contributed by atoms with Crippen LogP contribution in [0.5, 0.6) is 0 Å². The van der Waals surface area contributed by atoms with Crippen LogP contribution in [-0.4, -0.2) is 22.3 Å². The number of thioether (sulfide) groups is 1. The number of aromatic carboxylic acids is 1. The fourth-order valence-corrected chi connectivity index (χ4v) is 2.75. The molecule has 0 bridgehead atoms. The van der Waals surface area contributed by atoms with E-state index in [1.807, 2.05) is 36.6 Å². The maximum atomic E-state index is 11.1. The number of hydrogen-bond donors (Lipinski definition) is 1. The molecule has 1 N–H and O–H groups in total. The lowest BCUT2D eigenvalue weighted by Gasteiger charge is -1.97. The highest BCUT2D eigenvalue weighted by atomic mass is 32.2. The predicted molar refractivity (Wildman–Crippen MR) is 66.3 cm³/mol. The van der Waals surface area contributed by atoms with Gasteiger partial charge in [0.15, 0.2) is 4.34 Å². The van der Waals surface area contributed by atoms with Gasteiger partial charge in [0.05, 0.1) is 5.69 Å². The minimum absolute atomic E-state index is 0.301. The Labute approximate surface area is 101 Å². The van der Waals surface area contributed by atoms with E-state index in [0.29, 0.717) is 10.6 Å². The van der Waals surface area contributed by atoms with Crippen LogP contribution in [0.4, 0.5) is 0 Å². The quantitative estimate of drug-likeness (QED) is 0.851. The Morgan fingerprint density at radius 1 is 1.38 bits per heavy atom. The molecule has 0 saturated carbocycles. The van der Waals surface area contributed by atoms with E-state index < -0.39 is 5.97 Å². The van der Waals surface area contributed by atoms with Gasteiger partial charge in [-0.15, -0.1) is 0 Å². The molecule has 0 aliphatic rings. The van der Waals surface area contributed by atoms with Crippen LogP contribution in [0, 0.1) is 0 Å². The van der Waals surface area contributed by atoms with Gasteiger partial charge in [0.25, 0.3) is 0 Å². The molecule has 2 aromatic rings. The zero-order chi connectivity index (χ0) is 11.5. The van der Waals surface area contributed by atoms with Gasteiger partial charge in [-0.1, -0.05) is 53.4 Å². The molecule has 0 aliphatic carbocycles. The lowest BCUT2D eigenvalue weighted by Crippen LogP contribution is -1.95. The summed E-state index contributed by atoms with van der Waals surface area (Å²) in [6, 6.07) is 9.38. The maximum absolute atomic E-state index is 11.1. The number of thiazole rings is 1. The maximum Gasteiger partial charge on any atom is 0.348 e. The molecule has 0 spiro atoms. The van der Waals surface area contributed by atoms with Crippen molar-refractivity contribution in [2.45, 2.75) is 4.34 Å². The Morgan fingerprint density at radius 2 is 2.06 bits per heavy atom. The first-order valence-electron chi connectivity index (χ1n) is 4.56. The molecule has 0 fully saturated rings. The van der Waals surface area contributed by atoms with Crippen LogP contribution in [-0.2, 0) is 0 Å². The van der Waals surface area contributed by atoms with Gasteiger partial charge in [0.2, 0.25) is 0 Å². The zero-order valence-corrected chi connectivity index (χ0v) is 10.1. The van der Waals surface area contributed by atoms with Crippen molar-refractivity contribution in [3.8, 4) is 11.3 Å². The van der Waals surface area contributed by atoms with Crippen LogP contribution in [0.2, 0.25) is 0 Å². The molecule has 2 rings (SSSR count). The average molecular weight is 251 g/mol. The minimum Gasteiger partial charge on any atom is -0.477 e. The van der Waals surface area contributed by atoms with Crippen molar-refractivity contribution in [1.29, 1.82) is 0 Å². The molecular weight excluding hydrogens is 242 g/mol. The number of carbonyl (C=O) groups is 1. The third-order valence-corrected chi connectivity index (χ3v) is 4.05. The molecule has 0 radical (unpaired) electrons. The van der Waals surface area contributed by atoms with Gasteiger partial charge in [0, 0.05) is 5.56 Å². The van der Waals surface area contributed by atoms with E-state index in [-0.39, 0.29) is 0 Å². The van der Waals surface area contributed by atoms with E-state index in [1.165, 1.54) is 23.1 Å². The summed E-state index contributed by atoms with van der Waals surface area (Å²) in [4.78, 5) is 15.7. The molecule has 0 saturated heterocycles. The Morgan fingerprint density at radius 3 is 2.62 bits per heavy atom. The number of rotatable bonds is 3. The molecule has 0 unspecified atom stereocenters. The van der Waals surface area contributed by atoms with Crippen LogP contribution >= 0.6 is 23.1 Å². The Hall–Kier alpha value is -1.33. The van der Waals surface area contributed by atoms with Gasteiger partial charge >= 0.3 is 5.97 Å². The molecule has 82 valence electrons. The minimum atomic E-state index is -0.920. The smallest absolute Gasteiger partial charge is 0.348 e. The number of aromatic nitrogens is 1. The first-order chi connectivity index (χ1) is 7.72. The molecule has 3 nitrogen and oxygen atoms in total. The van der Waals surface area contributed by atoms with Crippen LogP contribution < -0.4 is 0 Å². The second-order valence-corrected chi connectivity index (χ2v) is 5.09. The molecule has 0 atom stereocenters. The summed E-state index contributed by atoms with van der Waals surface area (Å²) in [6.07, 6.45) is 1.89. The van der Waals surface area contributed by atoms with E-state index in [2.05, 4.69) is 4.98 Å². The predicted octanol–water partition coefficient (Wildman–Crippen LogP) is 3.23. The number of carboxylic acid groups (broad SMARTS) is 1. The molecule has 1 aromatic heterocycles. The van der Waals surface area contributed by atoms with Gasteiger partial charge < -0.3 is 5.11 Å². The average Bonchev–Trinajstić information content (AvgIpc) is 2.74. The normalized spacial score (nSPS) is 10.3. The second kappa shape index (κ2) is 4.67. The van der Waals surface area contributed by atoms with Gasteiger partial charge in [-0.05, 0) is 6.26 Å². The fourth-order valence-electron chi connectivity index (χ4n) is 1.32. The lowest BCUT2D eigenvalue weighted by atomic mass is 10.1. The fraction of sp³-hybridized carbons (Fsp3) is 0.0909.